The van der Waals surface area contributed by atoms with Gasteiger partial charge in [0.2, 0.25) is 0 Å². The van der Waals surface area contributed by atoms with Crippen molar-refractivity contribution >= 4 is 59.5 Å². The third-order valence-corrected chi connectivity index (χ3v) is 10.2. The summed E-state index contributed by atoms with van der Waals surface area (Å²) in [6, 6.07) is 63.1. The van der Waals surface area contributed by atoms with Crippen LogP contribution in [-0.4, -0.2) is 4.98 Å². The molecule has 0 radical (unpaired) electrons. The van der Waals surface area contributed by atoms with E-state index in [0.717, 1.165) is 33.7 Å². The first-order chi connectivity index (χ1) is 23.8. The van der Waals surface area contributed by atoms with Gasteiger partial charge in [0.15, 0.2) is 0 Å². The smallest absolute Gasteiger partial charge is 0.0888 e. The van der Waals surface area contributed by atoms with Crippen molar-refractivity contribution < 1.29 is 0 Å². The fourth-order valence-electron chi connectivity index (χ4n) is 6.70. The quantitative estimate of drug-likeness (QED) is 0.182. The van der Waals surface area contributed by atoms with Gasteiger partial charge in [-0.1, -0.05) is 127 Å². The fourth-order valence-corrected chi connectivity index (χ4v) is 7.81. The van der Waals surface area contributed by atoms with Crippen molar-refractivity contribution in [2.24, 2.45) is 0 Å². The van der Waals surface area contributed by atoms with Crippen LogP contribution < -0.4 is 4.90 Å². The minimum absolute atomic E-state index is 1.08. The average molecular weight is 631 g/mol. The molecule has 0 unspecified atom stereocenters. The van der Waals surface area contributed by atoms with Gasteiger partial charge >= 0.3 is 0 Å². The molecule has 2 nitrogen and oxygen atoms in total. The zero-order valence-corrected chi connectivity index (χ0v) is 26.9. The molecule has 0 atom stereocenters. The Morgan fingerprint density at radius 3 is 1.65 bits per heavy atom. The molecule has 0 bridgehead atoms. The van der Waals surface area contributed by atoms with Gasteiger partial charge in [0.05, 0.1) is 10.2 Å². The van der Waals surface area contributed by atoms with Gasteiger partial charge in [-0.05, 0) is 87.1 Å². The number of hydrogen-bond acceptors (Lipinski definition) is 3. The van der Waals surface area contributed by atoms with E-state index in [9.17, 15) is 0 Å². The summed E-state index contributed by atoms with van der Waals surface area (Å²) in [5.41, 5.74) is 11.5. The Morgan fingerprint density at radius 2 is 0.938 bits per heavy atom. The molecule has 9 rings (SSSR count). The van der Waals surface area contributed by atoms with Gasteiger partial charge in [0, 0.05) is 38.9 Å². The molecule has 7 aromatic carbocycles. The molecule has 48 heavy (non-hydrogen) atoms. The lowest BCUT2D eigenvalue weighted by atomic mass is 9.98. The van der Waals surface area contributed by atoms with Gasteiger partial charge in [0.25, 0.3) is 0 Å². The number of nitrogens with zero attached hydrogens (tertiary/aromatic N) is 2. The highest BCUT2D eigenvalue weighted by molar-refractivity contribution is 7.25. The lowest BCUT2D eigenvalue weighted by molar-refractivity contribution is 1.28. The Balaban J connectivity index is 1.10. The molecule has 0 N–H and O–H groups in total. The third-order valence-electron chi connectivity index (χ3n) is 9.13. The van der Waals surface area contributed by atoms with Crippen LogP contribution in [0.25, 0.3) is 64.5 Å². The molecule has 0 fully saturated rings. The van der Waals surface area contributed by atoms with E-state index < -0.39 is 0 Å². The van der Waals surface area contributed by atoms with Crippen LogP contribution in [0.1, 0.15) is 0 Å². The predicted molar refractivity (Wildman–Crippen MR) is 206 cm³/mol. The third kappa shape index (κ3) is 5.11. The number of fused-ring (bicyclic) bond motifs is 4. The molecule has 2 aromatic heterocycles. The average Bonchev–Trinajstić information content (AvgIpc) is 3.54. The molecule has 0 aliphatic rings. The van der Waals surface area contributed by atoms with Crippen molar-refractivity contribution in [3.63, 3.8) is 0 Å². The van der Waals surface area contributed by atoms with Crippen LogP contribution in [-0.2, 0) is 0 Å². The van der Waals surface area contributed by atoms with E-state index in [-0.39, 0.29) is 0 Å². The van der Waals surface area contributed by atoms with E-state index in [4.69, 9.17) is 4.98 Å². The standard InChI is InChI=1S/C45H30N2S/c1-2-9-31(10-3-1)32-17-23-37(24-18-32)47(39-27-21-35(22-28-39)41-15-8-12-34-11-4-5-13-40(34)41)38-25-19-33(20-26-38)36-29-44-45(46-30-36)42-14-6-7-16-43(42)48-44/h1-30H. The summed E-state index contributed by atoms with van der Waals surface area (Å²) in [5.74, 6) is 0. The lowest BCUT2D eigenvalue weighted by Gasteiger charge is -2.26. The van der Waals surface area contributed by atoms with Crippen LogP contribution in [0.5, 0.6) is 0 Å². The molecular weight excluding hydrogens is 601 g/mol. The predicted octanol–water partition coefficient (Wildman–Crippen LogP) is 13.1. The van der Waals surface area contributed by atoms with Crippen molar-refractivity contribution in [3.05, 3.63) is 182 Å². The number of rotatable bonds is 6. The number of benzene rings is 7. The first-order valence-corrected chi connectivity index (χ1v) is 17.0. The van der Waals surface area contributed by atoms with Gasteiger partial charge < -0.3 is 4.90 Å². The van der Waals surface area contributed by atoms with Crippen LogP contribution in [0.2, 0.25) is 0 Å². The molecule has 9 aromatic rings. The molecule has 226 valence electrons. The van der Waals surface area contributed by atoms with Crippen LogP contribution >= 0.6 is 11.3 Å². The number of thiophene rings is 1. The van der Waals surface area contributed by atoms with Crippen molar-refractivity contribution in [2.45, 2.75) is 0 Å². The summed E-state index contributed by atoms with van der Waals surface area (Å²) in [6.07, 6.45) is 2.00. The highest BCUT2D eigenvalue weighted by atomic mass is 32.1. The molecule has 0 spiro atoms. The number of aromatic nitrogens is 1. The minimum atomic E-state index is 1.08. The van der Waals surface area contributed by atoms with Gasteiger partial charge in [-0.25, -0.2) is 0 Å². The first-order valence-electron chi connectivity index (χ1n) is 16.2. The first kappa shape index (κ1) is 28.2. The van der Waals surface area contributed by atoms with Crippen LogP contribution in [0.3, 0.4) is 0 Å². The van der Waals surface area contributed by atoms with Crippen LogP contribution in [0.15, 0.2) is 182 Å². The maximum Gasteiger partial charge on any atom is 0.0888 e. The van der Waals surface area contributed by atoms with E-state index in [2.05, 4.69) is 181 Å². The molecular formula is C45H30N2S. The summed E-state index contributed by atoms with van der Waals surface area (Å²) >= 11 is 1.80. The van der Waals surface area contributed by atoms with E-state index in [0.29, 0.717) is 0 Å². The summed E-state index contributed by atoms with van der Waals surface area (Å²) in [5, 5.41) is 3.74. The summed E-state index contributed by atoms with van der Waals surface area (Å²) in [7, 11) is 0. The normalized spacial score (nSPS) is 11.3. The van der Waals surface area contributed by atoms with Gasteiger partial charge in [-0.3, -0.25) is 4.98 Å². The maximum absolute atomic E-state index is 4.88. The zero-order chi connectivity index (χ0) is 31.9. The van der Waals surface area contributed by atoms with Crippen molar-refractivity contribution in [1.82, 2.24) is 4.98 Å². The largest absolute Gasteiger partial charge is 0.311 e. The maximum atomic E-state index is 4.88. The van der Waals surface area contributed by atoms with Crippen molar-refractivity contribution in [3.8, 4) is 33.4 Å². The monoisotopic (exact) mass is 630 g/mol. The van der Waals surface area contributed by atoms with Crippen molar-refractivity contribution in [1.29, 1.82) is 0 Å². The zero-order valence-electron chi connectivity index (χ0n) is 26.1. The Labute approximate surface area is 283 Å². The Bertz CT molecular complexity index is 2530. The topological polar surface area (TPSA) is 16.1 Å². The SMILES string of the molecule is c1ccc(-c2ccc(N(c3ccc(-c4cnc5c(c4)sc4ccccc45)cc3)c3ccc(-c4cccc5ccccc45)cc3)cc2)cc1. The fraction of sp³-hybridized carbons (Fsp3) is 0. The molecule has 2 heterocycles. The number of pyridine rings is 1. The van der Waals surface area contributed by atoms with Crippen LogP contribution in [0, 0.1) is 0 Å². The second-order valence-corrected chi connectivity index (χ2v) is 13.1. The molecule has 0 aliphatic carbocycles. The van der Waals surface area contributed by atoms with Gasteiger partial charge in [0.1, 0.15) is 0 Å². The van der Waals surface area contributed by atoms with Crippen molar-refractivity contribution in [2.75, 3.05) is 4.90 Å². The molecule has 0 aliphatic heterocycles. The Hall–Kier alpha value is -6.03. The summed E-state index contributed by atoms with van der Waals surface area (Å²) < 4.78 is 2.48. The Morgan fingerprint density at radius 1 is 0.396 bits per heavy atom. The molecule has 0 saturated carbocycles. The van der Waals surface area contributed by atoms with Crippen LogP contribution in [0.4, 0.5) is 17.1 Å². The van der Waals surface area contributed by atoms with Gasteiger partial charge in [-0.15, -0.1) is 11.3 Å². The van der Waals surface area contributed by atoms with E-state index in [1.807, 2.05) is 6.20 Å². The Kier molecular flexibility index (Phi) is 7.03. The number of hydrogen-bond donors (Lipinski definition) is 0. The van der Waals surface area contributed by atoms with E-state index in [1.165, 1.54) is 47.8 Å². The summed E-state index contributed by atoms with van der Waals surface area (Å²) in [4.78, 5) is 7.22. The highest BCUT2D eigenvalue weighted by Gasteiger charge is 2.15. The molecule has 0 saturated heterocycles. The molecule has 3 heteroatoms. The second-order valence-electron chi connectivity index (χ2n) is 12.0. The number of anilines is 3. The second kappa shape index (κ2) is 12.0. The molecule has 0 amide bonds. The van der Waals surface area contributed by atoms with E-state index in [1.54, 1.807) is 11.3 Å². The minimum Gasteiger partial charge on any atom is -0.311 e. The van der Waals surface area contributed by atoms with Gasteiger partial charge in [-0.2, -0.15) is 0 Å². The highest BCUT2D eigenvalue weighted by Crippen LogP contribution is 2.39. The lowest BCUT2D eigenvalue weighted by Crippen LogP contribution is -2.09. The van der Waals surface area contributed by atoms with E-state index >= 15 is 0 Å². The summed E-state index contributed by atoms with van der Waals surface area (Å²) in [6.45, 7) is 0.